The summed E-state index contributed by atoms with van der Waals surface area (Å²) in [6.45, 7) is 9.72. The summed E-state index contributed by atoms with van der Waals surface area (Å²) in [5.41, 5.74) is 1.79. The average Bonchev–Trinajstić information content (AvgIpc) is 2.83. The van der Waals surface area contributed by atoms with Crippen molar-refractivity contribution < 1.29 is 9.13 Å². The van der Waals surface area contributed by atoms with Crippen LogP contribution < -0.4 is 15.1 Å². The van der Waals surface area contributed by atoms with Crippen LogP contribution in [0.4, 0.5) is 15.9 Å². The number of aromatic nitrogens is 1. The van der Waals surface area contributed by atoms with Crippen LogP contribution in [0.2, 0.25) is 0 Å². The second-order valence-electron chi connectivity index (χ2n) is 7.68. The standard InChI is InChI=1S/C23H31FN6O/c1-2-25-23(30-12-10-28(11-13-30)21-8-4-3-7-20(21)24)27-18-19-6-5-9-26-22(19)29-14-16-31-17-15-29/h3-9H,2,10-18H2,1H3,(H,25,27). The monoisotopic (exact) mass is 426 g/mol. The molecule has 0 atom stereocenters. The first-order chi connectivity index (χ1) is 15.3. The molecule has 2 aliphatic heterocycles. The van der Waals surface area contributed by atoms with Gasteiger partial charge in [-0.15, -0.1) is 0 Å². The molecule has 0 spiro atoms. The molecule has 0 aliphatic carbocycles. The number of pyridine rings is 1. The van der Waals surface area contributed by atoms with Crippen molar-refractivity contribution in [2.75, 3.05) is 68.8 Å². The van der Waals surface area contributed by atoms with E-state index in [2.05, 4.69) is 38.0 Å². The van der Waals surface area contributed by atoms with Crippen LogP contribution in [-0.4, -0.2) is 74.9 Å². The van der Waals surface area contributed by atoms with Gasteiger partial charge >= 0.3 is 0 Å². The molecule has 7 nitrogen and oxygen atoms in total. The maximum atomic E-state index is 14.1. The van der Waals surface area contributed by atoms with Crippen LogP contribution in [0.15, 0.2) is 47.6 Å². The van der Waals surface area contributed by atoms with Crippen LogP contribution in [0.5, 0.6) is 0 Å². The lowest BCUT2D eigenvalue weighted by molar-refractivity contribution is 0.122. The van der Waals surface area contributed by atoms with Crippen molar-refractivity contribution in [3.8, 4) is 0 Å². The molecule has 2 aromatic rings. The minimum absolute atomic E-state index is 0.163. The van der Waals surface area contributed by atoms with E-state index in [4.69, 9.17) is 9.73 Å². The lowest BCUT2D eigenvalue weighted by Crippen LogP contribution is -2.52. The number of nitrogens with zero attached hydrogens (tertiary/aromatic N) is 5. The van der Waals surface area contributed by atoms with Crippen molar-refractivity contribution in [2.45, 2.75) is 13.5 Å². The second kappa shape index (κ2) is 10.4. The van der Waals surface area contributed by atoms with Gasteiger partial charge in [-0.05, 0) is 25.1 Å². The molecular weight excluding hydrogens is 395 g/mol. The molecule has 8 heteroatoms. The largest absolute Gasteiger partial charge is 0.378 e. The molecule has 2 fully saturated rings. The van der Waals surface area contributed by atoms with E-state index in [-0.39, 0.29) is 5.82 Å². The highest BCUT2D eigenvalue weighted by Crippen LogP contribution is 2.21. The summed E-state index contributed by atoms with van der Waals surface area (Å²) in [5, 5.41) is 3.42. The highest BCUT2D eigenvalue weighted by Gasteiger charge is 2.22. The zero-order valence-corrected chi connectivity index (χ0v) is 18.1. The zero-order chi connectivity index (χ0) is 21.5. The lowest BCUT2D eigenvalue weighted by atomic mass is 10.2. The maximum absolute atomic E-state index is 14.1. The van der Waals surface area contributed by atoms with Gasteiger partial charge in [-0.3, -0.25) is 0 Å². The summed E-state index contributed by atoms with van der Waals surface area (Å²) in [6.07, 6.45) is 1.84. The topological polar surface area (TPSA) is 56.2 Å². The fourth-order valence-electron chi connectivity index (χ4n) is 4.07. The van der Waals surface area contributed by atoms with Crippen LogP contribution in [0, 0.1) is 5.82 Å². The Labute approximate surface area is 183 Å². The van der Waals surface area contributed by atoms with E-state index >= 15 is 0 Å². The van der Waals surface area contributed by atoms with Gasteiger partial charge in [0.1, 0.15) is 11.6 Å². The fourth-order valence-corrected chi connectivity index (χ4v) is 4.07. The van der Waals surface area contributed by atoms with Crippen molar-refractivity contribution in [1.29, 1.82) is 0 Å². The number of piperazine rings is 1. The van der Waals surface area contributed by atoms with E-state index in [1.807, 2.05) is 24.4 Å². The molecule has 0 saturated carbocycles. The van der Waals surface area contributed by atoms with E-state index in [9.17, 15) is 4.39 Å². The summed E-state index contributed by atoms with van der Waals surface area (Å²) in [4.78, 5) is 16.2. The Morgan fingerprint density at radius 1 is 1.03 bits per heavy atom. The molecular formula is C23H31FN6O. The van der Waals surface area contributed by atoms with Crippen LogP contribution in [-0.2, 0) is 11.3 Å². The predicted octanol–water partition coefficient (Wildman–Crippen LogP) is 2.35. The molecule has 0 amide bonds. The van der Waals surface area contributed by atoms with Gasteiger partial charge in [-0.2, -0.15) is 0 Å². The highest BCUT2D eigenvalue weighted by molar-refractivity contribution is 5.80. The Bertz CT molecular complexity index is 878. The molecule has 31 heavy (non-hydrogen) atoms. The quantitative estimate of drug-likeness (QED) is 0.585. The number of para-hydroxylation sites is 1. The molecule has 1 aromatic carbocycles. The van der Waals surface area contributed by atoms with Crippen molar-refractivity contribution in [1.82, 2.24) is 15.2 Å². The number of guanidine groups is 1. The third-order valence-electron chi connectivity index (χ3n) is 5.68. The number of hydrogen-bond donors (Lipinski definition) is 1. The molecule has 2 aliphatic rings. The molecule has 1 N–H and O–H groups in total. The Kier molecular flexibility index (Phi) is 7.19. The molecule has 1 aromatic heterocycles. The van der Waals surface area contributed by atoms with Crippen LogP contribution in [0.3, 0.4) is 0 Å². The summed E-state index contributed by atoms with van der Waals surface area (Å²) in [7, 11) is 0. The van der Waals surface area contributed by atoms with Crippen LogP contribution in [0.1, 0.15) is 12.5 Å². The summed E-state index contributed by atoms with van der Waals surface area (Å²) in [6, 6.07) is 11.0. The van der Waals surface area contributed by atoms with E-state index < -0.39 is 0 Å². The summed E-state index contributed by atoms with van der Waals surface area (Å²) >= 11 is 0. The normalized spacial score (nSPS) is 17.7. The van der Waals surface area contributed by atoms with Crippen molar-refractivity contribution >= 4 is 17.5 Å². The zero-order valence-electron chi connectivity index (χ0n) is 18.1. The van der Waals surface area contributed by atoms with Crippen LogP contribution in [0.25, 0.3) is 0 Å². The summed E-state index contributed by atoms with van der Waals surface area (Å²) < 4.78 is 19.6. The van der Waals surface area contributed by atoms with Gasteiger partial charge in [0, 0.05) is 57.6 Å². The fraction of sp³-hybridized carbons (Fsp3) is 0.478. The number of rotatable bonds is 5. The van der Waals surface area contributed by atoms with Gasteiger partial charge in [0.05, 0.1) is 25.4 Å². The number of benzene rings is 1. The third-order valence-corrected chi connectivity index (χ3v) is 5.68. The molecule has 3 heterocycles. The highest BCUT2D eigenvalue weighted by atomic mass is 19.1. The molecule has 0 bridgehead atoms. The number of aliphatic imine (C=N–C) groups is 1. The first-order valence-corrected chi connectivity index (χ1v) is 11.1. The minimum atomic E-state index is -0.163. The van der Waals surface area contributed by atoms with Crippen molar-refractivity contribution in [3.63, 3.8) is 0 Å². The minimum Gasteiger partial charge on any atom is -0.378 e. The van der Waals surface area contributed by atoms with E-state index in [0.717, 1.165) is 76.4 Å². The van der Waals surface area contributed by atoms with E-state index in [1.54, 1.807) is 6.07 Å². The number of nitrogens with one attached hydrogen (secondary N) is 1. The smallest absolute Gasteiger partial charge is 0.194 e. The second-order valence-corrected chi connectivity index (χ2v) is 7.68. The average molecular weight is 427 g/mol. The Morgan fingerprint density at radius 3 is 2.55 bits per heavy atom. The molecule has 2 saturated heterocycles. The number of ether oxygens (including phenoxy) is 1. The SMILES string of the molecule is CCNC(=NCc1cccnc1N1CCOCC1)N1CCN(c2ccccc2F)CC1. The van der Waals surface area contributed by atoms with Gasteiger partial charge in [-0.25, -0.2) is 14.4 Å². The first-order valence-electron chi connectivity index (χ1n) is 11.1. The first kappa shape index (κ1) is 21.4. The van der Waals surface area contributed by atoms with Crippen molar-refractivity contribution in [3.05, 3.63) is 54.0 Å². The van der Waals surface area contributed by atoms with E-state index in [0.29, 0.717) is 12.2 Å². The van der Waals surface area contributed by atoms with E-state index in [1.165, 1.54) is 6.07 Å². The van der Waals surface area contributed by atoms with Crippen molar-refractivity contribution in [2.24, 2.45) is 4.99 Å². The molecule has 0 unspecified atom stereocenters. The third kappa shape index (κ3) is 5.25. The van der Waals surface area contributed by atoms with Gasteiger partial charge in [0.15, 0.2) is 5.96 Å². The predicted molar refractivity (Wildman–Crippen MR) is 122 cm³/mol. The Morgan fingerprint density at radius 2 is 1.81 bits per heavy atom. The summed E-state index contributed by atoms with van der Waals surface area (Å²) in [5.74, 6) is 1.73. The Balaban J connectivity index is 1.43. The number of morpholine rings is 1. The van der Waals surface area contributed by atoms with Gasteiger partial charge in [0.2, 0.25) is 0 Å². The van der Waals surface area contributed by atoms with Gasteiger partial charge < -0.3 is 24.8 Å². The number of halogens is 1. The number of anilines is 2. The molecule has 0 radical (unpaired) electrons. The van der Waals surface area contributed by atoms with Gasteiger partial charge in [0.25, 0.3) is 0 Å². The lowest BCUT2D eigenvalue weighted by Gasteiger charge is -2.37. The maximum Gasteiger partial charge on any atom is 0.194 e. The van der Waals surface area contributed by atoms with Crippen LogP contribution >= 0.6 is 0 Å². The number of hydrogen-bond acceptors (Lipinski definition) is 5. The Hall–Kier alpha value is -2.87. The van der Waals surface area contributed by atoms with Gasteiger partial charge in [-0.1, -0.05) is 18.2 Å². The molecule has 4 rings (SSSR count). The molecule has 166 valence electrons.